The van der Waals surface area contributed by atoms with Crippen LogP contribution >= 0.6 is 0 Å². The van der Waals surface area contributed by atoms with Gasteiger partial charge in [-0.1, -0.05) is 18.6 Å². The minimum atomic E-state index is 0.356. The molecule has 27 heavy (non-hydrogen) atoms. The number of para-hydroxylation sites is 1. The fraction of sp³-hybridized carbons (Fsp3) is 0.727. The second-order valence-corrected chi connectivity index (χ2v) is 8.67. The van der Waals surface area contributed by atoms with Crippen LogP contribution in [0, 0.1) is 17.8 Å². The molecule has 0 amide bonds. The summed E-state index contributed by atoms with van der Waals surface area (Å²) >= 11 is 0. The van der Waals surface area contributed by atoms with E-state index in [1.165, 1.54) is 64.0 Å². The van der Waals surface area contributed by atoms with Crippen LogP contribution in [0.4, 0.5) is 0 Å². The number of fused-ring (bicyclic) bond motifs is 2. The summed E-state index contributed by atoms with van der Waals surface area (Å²) in [5.41, 5.74) is 1.26. The third kappa shape index (κ3) is 3.96. The third-order valence-electron chi connectivity index (χ3n) is 6.84. The molecule has 5 heteroatoms. The molecular weight excluding hydrogens is 340 g/mol. The van der Waals surface area contributed by atoms with Crippen LogP contribution in [-0.4, -0.2) is 62.5 Å². The number of hydrogen-bond donors (Lipinski definition) is 0. The normalized spacial score (nSPS) is 29.9. The molecule has 1 aromatic carbocycles. The lowest BCUT2D eigenvalue weighted by Crippen LogP contribution is -2.31. The van der Waals surface area contributed by atoms with Crippen molar-refractivity contribution in [1.29, 1.82) is 0 Å². The summed E-state index contributed by atoms with van der Waals surface area (Å²) in [5.74, 6) is 4.35. The molecule has 0 N–H and O–H groups in total. The first-order valence-corrected chi connectivity index (χ1v) is 10.8. The SMILES string of the molecule is c1cc(CN2C[C@@H]3[C@H](COCCCN4CCCCC4)[C@@H]3C2)c2c(c1)OCO2. The predicted octanol–water partition coefficient (Wildman–Crippen LogP) is 2.99. The predicted molar refractivity (Wildman–Crippen MR) is 104 cm³/mol. The van der Waals surface area contributed by atoms with Gasteiger partial charge in [0, 0.05) is 38.3 Å². The smallest absolute Gasteiger partial charge is 0.231 e. The molecule has 0 radical (unpaired) electrons. The van der Waals surface area contributed by atoms with Gasteiger partial charge in [-0.15, -0.1) is 0 Å². The van der Waals surface area contributed by atoms with Crippen molar-refractivity contribution in [1.82, 2.24) is 9.80 Å². The van der Waals surface area contributed by atoms with Crippen molar-refractivity contribution in [2.75, 3.05) is 52.7 Å². The second-order valence-electron chi connectivity index (χ2n) is 8.67. The van der Waals surface area contributed by atoms with E-state index < -0.39 is 0 Å². The molecule has 1 saturated carbocycles. The Balaban J connectivity index is 0.990. The summed E-state index contributed by atoms with van der Waals surface area (Å²) in [4.78, 5) is 5.17. The molecule has 148 valence electrons. The van der Waals surface area contributed by atoms with Gasteiger partial charge in [0.25, 0.3) is 0 Å². The van der Waals surface area contributed by atoms with E-state index in [0.29, 0.717) is 6.79 Å². The third-order valence-corrected chi connectivity index (χ3v) is 6.84. The molecule has 1 aromatic rings. The van der Waals surface area contributed by atoms with E-state index in [2.05, 4.69) is 21.9 Å². The van der Waals surface area contributed by atoms with Gasteiger partial charge in [-0.05, 0) is 56.2 Å². The van der Waals surface area contributed by atoms with Crippen LogP contribution in [0.15, 0.2) is 18.2 Å². The first-order chi connectivity index (χ1) is 13.4. The molecule has 1 aliphatic carbocycles. The minimum absolute atomic E-state index is 0.356. The molecule has 4 aliphatic rings. The highest BCUT2D eigenvalue weighted by Crippen LogP contribution is 2.52. The van der Waals surface area contributed by atoms with E-state index in [9.17, 15) is 0 Å². The highest BCUT2D eigenvalue weighted by molar-refractivity contribution is 5.48. The van der Waals surface area contributed by atoms with Gasteiger partial charge in [0.05, 0.1) is 6.61 Å². The van der Waals surface area contributed by atoms with Crippen LogP contribution in [0.5, 0.6) is 11.5 Å². The van der Waals surface area contributed by atoms with Crippen molar-refractivity contribution in [2.24, 2.45) is 17.8 Å². The Bertz CT molecular complexity index is 634. The summed E-state index contributed by atoms with van der Waals surface area (Å²) in [7, 11) is 0. The zero-order chi connectivity index (χ0) is 18.1. The molecular formula is C22H32N2O3. The number of piperidine rings is 2. The summed E-state index contributed by atoms with van der Waals surface area (Å²) < 4.78 is 17.2. The first kappa shape index (κ1) is 17.8. The van der Waals surface area contributed by atoms with Gasteiger partial charge >= 0.3 is 0 Å². The number of hydrogen-bond acceptors (Lipinski definition) is 5. The highest BCUT2D eigenvalue weighted by Gasteiger charge is 2.55. The van der Waals surface area contributed by atoms with E-state index >= 15 is 0 Å². The van der Waals surface area contributed by atoms with Crippen LogP contribution in [0.25, 0.3) is 0 Å². The Kier molecular flexibility index (Phi) is 5.25. The standard InChI is InChI=1S/C22H32N2O3/c1-2-8-23(9-3-1)10-5-11-25-15-20-18-13-24(14-19(18)20)12-17-6-4-7-21-22(17)27-16-26-21/h4,6-7,18-20H,1-3,5,8-16H2/t18-,19+,20-. The van der Waals surface area contributed by atoms with Crippen LogP contribution in [-0.2, 0) is 11.3 Å². The molecule has 0 spiro atoms. The Labute approximate surface area is 162 Å². The van der Waals surface area contributed by atoms with E-state index in [1.54, 1.807) is 0 Å². The van der Waals surface area contributed by atoms with Gasteiger partial charge in [0.15, 0.2) is 11.5 Å². The number of ether oxygens (including phenoxy) is 3. The molecule has 2 saturated heterocycles. The number of benzene rings is 1. The van der Waals surface area contributed by atoms with Crippen LogP contribution < -0.4 is 9.47 Å². The zero-order valence-electron chi connectivity index (χ0n) is 16.3. The Hall–Kier alpha value is -1.30. The van der Waals surface area contributed by atoms with Crippen molar-refractivity contribution in [3.63, 3.8) is 0 Å². The van der Waals surface area contributed by atoms with Gasteiger partial charge in [0.1, 0.15) is 0 Å². The van der Waals surface area contributed by atoms with Crippen LogP contribution in [0.2, 0.25) is 0 Å². The van der Waals surface area contributed by atoms with Crippen molar-refractivity contribution in [3.05, 3.63) is 23.8 Å². The maximum atomic E-state index is 6.02. The average Bonchev–Trinajstić information content (AvgIpc) is 3.08. The van der Waals surface area contributed by atoms with Crippen LogP contribution in [0.1, 0.15) is 31.2 Å². The number of nitrogens with zero attached hydrogens (tertiary/aromatic N) is 2. The van der Waals surface area contributed by atoms with Gasteiger partial charge in [0.2, 0.25) is 6.79 Å². The topological polar surface area (TPSA) is 34.2 Å². The van der Waals surface area contributed by atoms with E-state index in [1.807, 2.05) is 6.07 Å². The molecule has 0 bridgehead atoms. The molecule has 0 unspecified atom stereocenters. The summed E-state index contributed by atoms with van der Waals surface area (Å²) in [6, 6.07) is 6.23. The van der Waals surface area contributed by atoms with Crippen molar-refractivity contribution >= 4 is 0 Å². The second kappa shape index (κ2) is 7.98. The molecule has 3 atom stereocenters. The maximum Gasteiger partial charge on any atom is 0.231 e. The highest BCUT2D eigenvalue weighted by atomic mass is 16.7. The van der Waals surface area contributed by atoms with Gasteiger partial charge in [-0.25, -0.2) is 0 Å². The monoisotopic (exact) mass is 372 g/mol. The summed E-state index contributed by atoms with van der Waals surface area (Å²) in [6.07, 6.45) is 5.37. The van der Waals surface area contributed by atoms with Gasteiger partial charge < -0.3 is 19.1 Å². The Morgan fingerprint density at radius 2 is 1.85 bits per heavy atom. The van der Waals surface area contributed by atoms with Crippen molar-refractivity contribution < 1.29 is 14.2 Å². The number of likely N-dealkylation sites (tertiary alicyclic amines) is 2. The fourth-order valence-corrected chi connectivity index (χ4v) is 5.26. The largest absolute Gasteiger partial charge is 0.454 e. The molecule has 3 aliphatic heterocycles. The lowest BCUT2D eigenvalue weighted by molar-refractivity contribution is 0.0966. The molecule has 3 heterocycles. The average molecular weight is 373 g/mol. The van der Waals surface area contributed by atoms with Crippen molar-refractivity contribution in [2.45, 2.75) is 32.2 Å². The minimum Gasteiger partial charge on any atom is -0.454 e. The van der Waals surface area contributed by atoms with E-state index in [4.69, 9.17) is 14.2 Å². The lowest BCUT2D eigenvalue weighted by Gasteiger charge is -2.26. The lowest BCUT2D eigenvalue weighted by atomic mass is 10.1. The summed E-state index contributed by atoms with van der Waals surface area (Å²) in [6.45, 7) is 9.46. The van der Waals surface area contributed by atoms with Gasteiger partial charge in [-0.3, -0.25) is 4.90 Å². The van der Waals surface area contributed by atoms with E-state index in [0.717, 1.165) is 49.0 Å². The zero-order valence-corrected chi connectivity index (χ0v) is 16.3. The van der Waals surface area contributed by atoms with Crippen molar-refractivity contribution in [3.8, 4) is 11.5 Å². The number of rotatable bonds is 8. The molecule has 0 aromatic heterocycles. The fourth-order valence-electron chi connectivity index (χ4n) is 5.26. The Morgan fingerprint density at radius 3 is 2.70 bits per heavy atom. The first-order valence-electron chi connectivity index (χ1n) is 10.8. The van der Waals surface area contributed by atoms with Crippen LogP contribution in [0.3, 0.4) is 0 Å². The quantitative estimate of drug-likeness (QED) is 0.656. The Morgan fingerprint density at radius 1 is 1.00 bits per heavy atom. The maximum absolute atomic E-state index is 6.02. The van der Waals surface area contributed by atoms with E-state index in [-0.39, 0.29) is 0 Å². The molecule has 3 fully saturated rings. The summed E-state index contributed by atoms with van der Waals surface area (Å²) in [5, 5.41) is 0. The molecule has 5 rings (SSSR count). The molecule has 5 nitrogen and oxygen atoms in total. The van der Waals surface area contributed by atoms with Gasteiger partial charge in [-0.2, -0.15) is 0 Å².